The third-order valence-corrected chi connectivity index (χ3v) is 4.68. The molecule has 7 heteroatoms. The highest BCUT2D eigenvalue weighted by molar-refractivity contribution is 9.10. The van der Waals surface area contributed by atoms with Crippen molar-refractivity contribution in [1.82, 2.24) is 10.2 Å². The minimum Gasteiger partial charge on any atom is -0.403 e. The second-order valence-corrected chi connectivity index (χ2v) is 8.14. The molecule has 0 radical (unpaired) electrons. The molecule has 0 spiro atoms. The van der Waals surface area contributed by atoms with Crippen molar-refractivity contribution in [2.75, 3.05) is 5.32 Å². The lowest BCUT2D eigenvalue weighted by atomic mass is 10.2. The fraction of sp³-hybridized carbons (Fsp3) is 0.167. The van der Waals surface area contributed by atoms with Crippen LogP contribution in [0.2, 0.25) is 0 Å². The van der Waals surface area contributed by atoms with Crippen molar-refractivity contribution >= 4 is 39.6 Å². The Bertz CT molecular complexity index is 895. The average molecular weight is 418 g/mol. The number of carbonyl (C=O) groups excluding carboxylic acids is 1. The molecule has 1 heterocycles. The molecule has 3 rings (SSSR count). The number of benzene rings is 2. The molecule has 0 aliphatic heterocycles. The molecule has 5 nitrogen and oxygen atoms in total. The zero-order valence-electron chi connectivity index (χ0n) is 13.7. The van der Waals surface area contributed by atoms with Crippen molar-refractivity contribution in [2.24, 2.45) is 0 Å². The molecular weight excluding hydrogens is 402 g/mol. The van der Waals surface area contributed by atoms with Gasteiger partial charge in [-0.3, -0.25) is 10.1 Å². The summed E-state index contributed by atoms with van der Waals surface area (Å²) in [6.07, 6.45) is 0. The van der Waals surface area contributed by atoms with Crippen LogP contribution in [0, 0.1) is 0 Å². The van der Waals surface area contributed by atoms with E-state index in [0.717, 1.165) is 14.9 Å². The van der Waals surface area contributed by atoms with Gasteiger partial charge in [-0.1, -0.05) is 47.0 Å². The van der Waals surface area contributed by atoms with Gasteiger partial charge in [0.05, 0.1) is 0 Å². The average Bonchev–Trinajstić information content (AvgIpc) is 3.03. The fourth-order valence-electron chi connectivity index (χ4n) is 2.16. The lowest BCUT2D eigenvalue weighted by Crippen LogP contribution is -2.12. The number of rotatable bonds is 5. The summed E-state index contributed by atoms with van der Waals surface area (Å²) >= 11 is 5.10. The van der Waals surface area contributed by atoms with Crippen LogP contribution in [0.4, 0.5) is 6.01 Å². The van der Waals surface area contributed by atoms with E-state index in [4.69, 9.17) is 4.42 Å². The molecule has 0 aliphatic carbocycles. The Morgan fingerprint density at radius 2 is 1.96 bits per heavy atom. The van der Waals surface area contributed by atoms with Crippen LogP contribution >= 0.6 is 27.7 Å². The fourth-order valence-corrected chi connectivity index (χ4v) is 3.46. The summed E-state index contributed by atoms with van der Waals surface area (Å²) in [4.78, 5) is 13.4. The topological polar surface area (TPSA) is 68.0 Å². The second-order valence-electron chi connectivity index (χ2n) is 5.57. The Morgan fingerprint density at radius 3 is 2.72 bits per heavy atom. The van der Waals surface area contributed by atoms with Gasteiger partial charge in [0.25, 0.3) is 5.91 Å². The quantitative estimate of drug-likeness (QED) is 0.573. The number of aromatic nitrogens is 2. The highest BCUT2D eigenvalue weighted by Crippen LogP contribution is 2.25. The van der Waals surface area contributed by atoms with Crippen LogP contribution in [-0.4, -0.2) is 21.4 Å². The van der Waals surface area contributed by atoms with E-state index in [-0.39, 0.29) is 11.9 Å². The Balaban J connectivity index is 1.74. The van der Waals surface area contributed by atoms with Crippen LogP contribution in [0.3, 0.4) is 0 Å². The molecule has 0 fully saturated rings. The van der Waals surface area contributed by atoms with E-state index in [1.54, 1.807) is 17.8 Å². The summed E-state index contributed by atoms with van der Waals surface area (Å²) in [5, 5.41) is 11.0. The van der Waals surface area contributed by atoms with Gasteiger partial charge in [-0.2, -0.15) is 0 Å². The molecule has 2 aromatic carbocycles. The van der Waals surface area contributed by atoms with E-state index < -0.39 is 0 Å². The molecule has 128 valence electrons. The zero-order chi connectivity index (χ0) is 17.8. The number of hydrogen-bond acceptors (Lipinski definition) is 5. The number of carbonyl (C=O) groups is 1. The largest absolute Gasteiger partial charge is 0.403 e. The molecule has 0 saturated heterocycles. The van der Waals surface area contributed by atoms with Crippen LogP contribution in [0.15, 0.2) is 62.3 Å². The molecule has 1 amide bonds. The highest BCUT2D eigenvalue weighted by atomic mass is 79.9. The van der Waals surface area contributed by atoms with E-state index >= 15 is 0 Å². The number of thioether (sulfide) groups is 1. The minimum absolute atomic E-state index is 0.0712. The smallest absolute Gasteiger partial charge is 0.322 e. The lowest BCUT2D eigenvalue weighted by molar-refractivity contribution is 0.102. The Hall–Kier alpha value is -2.12. The Morgan fingerprint density at radius 1 is 1.16 bits per heavy atom. The van der Waals surface area contributed by atoms with Gasteiger partial charge in [0.2, 0.25) is 5.89 Å². The van der Waals surface area contributed by atoms with E-state index in [1.165, 1.54) is 0 Å². The van der Waals surface area contributed by atoms with Crippen molar-refractivity contribution in [2.45, 2.75) is 24.0 Å². The van der Waals surface area contributed by atoms with Gasteiger partial charge in [0, 0.05) is 25.7 Å². The SMILES string of the molecule is CC(C)Sc1cccc(C(=O)Nc2nnc(-c3cccc(Br)c3)o2)c1. The molecule has 0 aliphatic rings. The van der Waals surface area contributed by atoms with Crippen molar-refractivity contribution in [3.8, 4) is 11.5 Å². The number of halogens is 1. The molecule has 25 heavy (non-hydrogen) atoms. The van der Waals surface area contributed by atoms with Crippen molar-refractivity contribution in [3.05, 3.63) is 58.6 Å². The third kappa shape index (κ3) is 4.70. The number of nitrogens with zero attached hydrogens (tertiary/aromatic N) is 2. The first kappa shape index (κ1) is 17.7. The van der Waals surface area contributed by atoms with Gasteiger partial charge >= 0.3 is 6.01 Å². The normalized spacial score (nSPS) is 10.9. The summed E-state index contributed by atoms with van der Waals surface area (Å²) < 4.78 is 6.44. The van der Waals surface area contributed by atoms with Gasteiger partial charge in [0.15, 0.2) is 0 Å². The second kappa shape index (κ2) is 7.84. The standard InChI is InChI=1S/C18H16BrN3O2S/c1-11(2)25-15-8-4-5-12(10-15)16(23)20-18-22-21-17(24-18)13-6-3-7-14(19)9-13/h3-11H,1-2H3,(H,20,22,23). The molecule has 0 saturated carbocycles. The first-order valence-electron chi connectivity index (χ1n) is 7.69. The van der Waals surface area contributed by atoms with E-state index in [1.807, 2.05) is 42.5 Å². The number of hydrogen-bond donors (Lipinski definition) is 1. The third-order valence-electron chi connectivity index (χ3n) is 3.19. The molecule has 0 atom stereocenters. The molecule has 1 N–H and O–H groups in total. The summed E-state index contributed by atoms with van der Waals surface area (Å²) in [7, 11) is 0. The number of nitrogens with one attached hydrogen (secondary N) is 1. The maximum atomic E-state index is 12.4. The molecule has 0 bridgehead atoms. The van der Waals surface area contributed by atoms with Crippen molar-refractivity contribution < 1.29 is 9.21 Å². The molecular formula is C18H16BrN3O2S. The predicted molar refractivity (Wildman–Crippen MR) is 103 cm³/mol. The monoisotopic (exact) mass is 417 g/mol. The lowest BCUT2D eigenvalue weighted by Gasteiger charge is -2.06. The van der Waals surface area contributed by atoms with Gasteiger partial charge in [0.1, 0.15) is 0 Å². The summed E-state index contributed by atoms with van der Waals surface area (Å²) in [6.45, 7) is 4.22. The van der Waals surface area contributed by atoms with Crippen LogP contribution < -0.4 is 5.32 Å². The van der Waals surface area contributed by atoms with Crippen LogP contribution in [0.5, 0.6) is 0 Å². The number of amides is 1. The van der Waals surface area contributed by atoms with Gasteiger partial charge in [-0.05, 0) is 36.4 Å². The Kier molecular flexibility index (Phi) is 5.55. The summed E-state index contributed by atoms with van der Waals surface area (Å²) in [6, 6.07) is 15.0. The van der Waals surface area contributed by atoms with E-state index in [0.29, 0.717) is 16.7 Å². The number of anilines is 1. The van der Waals surface area contributed by atoms with Crippen molar-refractivity contribution in [3.63, 3.8) is 0 Å². The van der Waals surface area contributed by atoms with Gasteiger partial charge < -0.3 is 4.42 Å². The van der Waals surface area contributed by atoms with Gasteiger partial charge in [-0.15, -0.1) is 16.9 Å². The van der Waals surface area contributed by atoms with Crippen LogP contribution in [0.1, 0.15) is 24.2 Å². The summed E-state index contributed by atoms with van der Waals surface area (Å²) in [5.41, 5.74) is 1.32. The van der Waals surface area contributed by atoms with Crippen LogP contribution in [0.25, 0.3) is 11.5 Å². The highest BCUT2D eigenvalue weighted by Gasteiger charge is 2.13. The summed E-state index contributed by atoms with van der Waals surface area (Å²) in [5.74, 6) is 0.0661. The first-order valence-corrected chi connectivity index (χ1v) is 9.36. The first-order chi connectivity index (χ1) is 12.0. The Labute approximate surface area is 158 Å². The zero-order valence-corrected chi connectivity index (χ0v) is 16.1. The predicted octanol–water partition coefficient (Wildman–Crippen LogP) is 5.25. The van der Waals surface area contributed by atoms with E-state index in [9.17, 15) is 4.79 Å². The van der Waals surface area contributed by atoms with Gasteiger partial charge in [-0.25, -0.2) is 0 Å². The maximum absolute atomic E-state index is 12.4. The van der Waals surface area contributed by atoms with Crippen LogP contribution in [-0.2, 0) is 0 Å². The maximum Gasteiger partial charge on any atom is 0.322 e. The minimum atomic E-state index is -0.282. The van der Waals surface area contributed by atoms with E-state index in [2.05, 4.69) is 45.3 Å². The molecule has 3 aromatic rings. The van der Waals surface area contributed by atoms with Crippen molar-refractivity contribution in [1.29, 1.82) is 0 Å². The molecule has 1 aromatic heterocycles. The molecule has 0 unspecified atom stereocenters.